The lowest BCUT2D eigenvalue weighted by Crippen LogP contribution is -3.00. The first kappa shape index (κ1) is 36.9. The number of esters is 1. The maximum atomic E-state index is 13.7. The standard InChI is InChI=1S/C41H38O2P2.2HI/c1-43-41(42)32-40(45(37-26-14-5-15-27-37,38-28-16-6-17-29-38)39-30-18-7-19-31-39)33-44(34-20-8-2-9-21-34,35-22-10-3-11-23-35)36-24-12-4-13-25-36;;/h2-31,40H,32-33H2,1H3;2*1H/q+2;;/p-2. The lowest BCUT2D eigenvalue weighted by molar-refractivity contribution is -0.140. The van der Waals surface area contributed by atoms with E-state index in [4.69, 9.17) is 4.74 Å². The highest BCUT2D eigenvalue weighted by molar-refractivity contribution is 7.99. The number of carbonyl (C=O) groups excluding carboxylic acids is 1. The van der Waals surface area contributed by atoms with E-state index in [1.54, 1.807) is 0 Å². The van der Waals surface area contributed by atoms with Gasteiger partial charge in [0.25, 0.3) is 0 Å². The molecule has 1 unspecified atom stereocenters. The van der Waals surface area contributed by atoms with Gasteiger partial charge in [-0.05, 0) is 72.8 Å². The summed E-state index contributed by atoms with van der Waals surface area (Å²) >= 11 is 0. The van der Waals surface area contributed by atoms with Crippen LogP contribution in [-0.4, -0.2) is 24.9 Å². The van der Waals surface area contributed by atoms with Crippen LogP contribution in [0.3, 0.4) is 0 Å². The topological polar surface area (TPSA) is 26.3 Å². The zero-order valence-corrected chi connectivity index (χ0v) is 32.4. The molecule has 0 bridgehead atoms. The number of carbonyl (C=O) groups is 1. The second-order valence-corrected chi connectivity index (χ2v) is 18.4. The molecule has 0 fully saturated rings. The quantitative estimate of drug-likeness (QED) is 0.110. The van der Waals surface area contributed by atoms with Crippen LogP contribution in [-0.2, 0) is 9.53 Å². The van der Waals surface area contributed by atoms with Crippen LogP contribution in [0.25, 0.3) is 0 Å². The summed E-state index contributed by atoms with van der Waals surface area (Å²) in [5.74, 6) is -0.181. The molecule has 0 spiro atoms. The van der Waals surface area contributed by atoms with Gasteiger partial charge in [-0.3, -0.25) is 4.79 Å². The Labute approximate surface area is 314 Å². The van der Waals surface area contributed by atoms with Gasteiger partial charge in [-0.2, -0.15) is 0 Å². The van der Waals surface area contributed by atoms with E-state index >= 15 is 0 Å². The van der Waals surface area contributed by atoms with Crippen molar-refractivity contribution in [2.75, 3.05) is 13.3 Å². The number of ether oxygens (including phenoxy) is 1. The molecule has 0 N–H and O–H groups in total. The summed E-state index contributed by atoms with van der Waals surface area (Å²) in [5, 5.41) is 7.73. The first-order chi connectivity index (χ1) is 22.2. The number of hydrogen-bond acceptors (Lipinski definition) is 2. The second-order valence-electron chi connectivity index (χ2n) is 11.2. The van der Waals surface area contributed by atoms with Crippen molar-refractivity contribution in [3.05, 3.63) is 182 Å². The Morgan fingerprint density at radius 2 is 0.723 bits per heavy atom. The maximum absolute atomic E-state index is 13.7. The molecule has 0 amide bonds. The average Bonchev–Trinajstić information content (AvgIpc) is 3.13. The first-order valence-electron chi connectivity index (χ1n) is 15.4. The van der Waals surface area contributed by atoms with Crippen LogP contribution >= 0.6 is 14.5 Å². The molecule has 6 aromatic rings. The highest BCUT2D eigenvalue weighted by atomic mass is 127. The van der Waals surface area contributed by atoms with Gasteiger partial charge in [-0.15, -0.1) is 0 Å². The lowest BCUT2D eigenvalue weighted by Gasteiger charge is -2.37. The molecule has 0 aliphatic carbocycles. The Bertz CT molecular complexity index is 1600. The van der Waals surface area contributed by atoms with E-state index in [0.29, 0.717) is 6.42 Å². The zero-order chi connectivity index (χ0) is 31.0. The maximum Gasteiger partial charge on any atom is 0.309 e. The molecule has 0 heterocycles. The molecule has 0 aliphatic heterocycles. The van der Waals surface area contributed by atoms with Crippen LogP contribution in [0.1, 0.15) is 6.42 Å². The largest absolute Gasteiger partial charge is 1.00 e. The summed E-state index contributed by atoms with van der Waals surface area (Å²) < 4.78 is 5.51. The van der Waals surface area contributed by atoms with Crippen molar-refractivity contribution >= 4 is 52.3 Å². The van der Waals surface area contributed by atoms with E-state index in [0.717, 1.165) is 6.16 Å². The van der Waals surface area contributed by atoms with Crippen LogP contribution in [0.5, 0.6) is 0 Å². The number of hydrogen-bond donors (Lipinski definition) is 0. The summed E-state index contributed by atoms with van der Waals surface area (Å²) in [6.07, 6.45) is 1.10. The summed E-state index contributed by atoms with van der Waals surface area (Å²) in [4.78, 5) is 13.7. The van der Waals surface area contributed by atoms with Gasteiger partial charge in [0.1, 0.15) is 58.2 Å². The molecule has 6 rings (SSSR count). The van der Waals surface area contributed by atoms with Gasteiger partial charge in [0.05, 0.1) is 13.5 Å². The Balaban J connectivity index is 0.00000250. The third kappa shape index (κ3) is 7.57. The van der Waals surface area contributed by atoms with Crippen molar-refractivity contribution in [1.29, 1.82) is 0 Å². The molecule has 238 valence electrons. The molecule has 0 saturated carbocycles. The zero-order valence-electron chi connectivity index (χ0n) is 26.3. The van der Waals surface area contributed by atoms with E-state index in [-0.39, 0.29) is 59.6 Å². The van der Waals surface area contributed by atoms with Gasteiger partial charge in [-0.1, -0.05) is 109 Å². The molecule has 6 aromatic carbocycles. The highest BCUT2D eigenvalue weighted by Gasteiger charge is 2.59. The molecule has 0 aromatic heterocycles. The number of methoxy groups -OCH3 is 1. The molecule has 2 nitrogen and oxygen atoms in total. The van der Waals surface area contributed by atoms with E-state index in [2.05, 4.69) is 182 Å². The van der Waals surface area contributed by atoms with Gasteiger partial charge < -0.3 is 52.7 Å². The Morgan fingerprint density at radius 1 is 0.468 bits per heavy atom. The second kappa shape index (κ2) is 17.5. The first-order valence-corrected chi connectivity index (χ1v) is 19.2. The molecule has 0 saturated heterocycles. The monoisotopic (exact) mass is 878 g/mol. The molecular formula is C41H38I2O2P2. The fourth-order valence-electron chi connectivity index (χ4n) is 6.80. The Morgan fingerprint density at radius 3 is 0.979 bits per heavy atom. The van der Waals surface area contributed by atoms with Gasteiger partial charge in [-0.25, -0.2) is 0 Å². The minimum absolute atomic E-state index is 0. The van der Waals surface area contributed by atoms with Crippen LogP contribution in [0, 0.1) is 0 Å². The molecule has 6 heteroatoms. The van der Waals surface area contributed by atoms with Gasteiger partial charge in [0, 0.05) is 0 Å². The van der Waals surface area contributed by atoms with Crippen molar-refractivity contribution in [2.45, 2.75) is 12.1 Å². The highest BCUT2D eigenvalue weighted by Crippen LogP contribution is 2.67. The van der Waals surface area contributed by atoms with Crippen molar-refractivity contribution in [3.8, 4) is 0 Å². The molecular weight excluding hydrogens is 840 g/mol. The molecule has 47 heavy (non-hydrogen) atoms. The van der Waals surface area contributed by atoms with Crippen LogP contribution < -0.4 is 79.8 Å². The summed E-state index contributed by atoms with van der Waals surface area (Å²) in [7, 11) is -3.26. The normalized spacial score (nSPS) is 11.8. The predicted molar refractivity (Wildman–Crippen MR) is 196 cm³/mol. The van der Waals surface area contributed by atoms with Crippen LogP contribution in [0.15, 0.2) is 182 Å². The number of halogens is 2. The fourth-order valence-corrected chi connectivity index (χ4v) is 17.4. The van der Waals surface area contributed by atoms with Gasteiger partial charge >= 0.3 is 5.97 Å². The van der Waals surface area contributed by atoms with Crippen molar-refractivity contribution in [1.82, 2.24) is 0 Å². The van der Waals surface area contributed by atoms with Crippen molar-refractivity contribution in [2.24, 2.45) is 0 Å². The van der Waals surface area contributed by atoms with E-state index in [9.17, 15) is 4.79 Å². The predicted octanol–water partition coefficient (Wildman–Crippen LogP) is 0.914. The van der Waals surface area contributed by atoms with E-state index in [1.165, 1.54) is 38.9 Å². The molecule has 0 radical (unpaired) electrons. The third-order valence-electron chi connectivity index (χ3n) is 8.74. The summed E-state index contributed by atoms with van der Waals surface area (Å²) in [6.45, 7) is 0. The Kier molecular flexibility index (Phi) is 13.7. The summed E-state index contributed by atoms with van der Waals surface area (Å²) in [5.41, 5.74) is -0.0638. The van der Waals surface area contributed by atoms with E-state index < -0.39 is 14.5 Å². The van der Waals surface area contributed by atoms with Gasteiger partial charge in [0.15, 0.2) is 0 Å². The Hall–Kier alpha value is -2.89. The van der Waals surface area contributed by atoms with Crippen LogP contribution in [0.2, 0.25) is 0 Å². The van der Waals surface area contributed by atoms with Crippen molar-refractivity contribution < 1.29 is 57.5 Å². The molecule has 1 atom stereocenters. The molecule has 0 aliphatic rings. The third-order valence-corrected chi connectivity index (χ3v) is 18.4. The smallest absolute Gasteiger partial charge is 0.309 e. The number of rotatable bonds is 11. The minimum Gasteiger partial charge on any atom is -1.00 e. The fraction of sp³-hybridized carbons (Fsp3) is 0.0976. The SMILES string of the molecule is COC(=O)CC(C[P+](c1ccccc1)(c1ccccc1)c1ccccc1)[P+](c1ccccc1)(c1ccccc1)c1ccccc1.[I-].[I-]. The van der Waals surface area contributed by atoms with Gasteiger partial charge in [0.2, 0.25) is 0 Å². The minimum atomic E-state index is -2.46. The summed E-state index contributed by atoms with van der Waals surface area (Å²) in [6, 6.07) is 65.6. The van der Waals surface area contributed by atoms with Crippen LogP contribution in [0.4, 0.5) is 0 Å². The van der Waals surface area contributed by atoms with E-state index in [1.807, 2.05) is 0 Å². The average molecular weight is 879 g/mol. The van der Waals surface area contributed by atoms with Crippen molar-refractivity contribution in [3.63, 3.8) is 0 Å². The lowest BCUT2D eigenvalue weighted by atomic mass is 10.3. The number of benzene rings is 6.